The predicted octanol–water partition coefficient (Wildman–Crippen LogP) is 3.57. The van der Waals surface area contributed by atoms with Crippen LogP contribution in [0.25, 0.3) is 17.2 Å². The highest BCUT2D eigenvalue weighted by Crippen LogP contribution is 2.23. The molecule has 2 aromatic rings. The van der Waals surface area contributed by atoms with Gasteiger partial charge in [0.1, 0.15) is 5.70 Å². The summed E-state index contributed by atoms with van der Waals surface area (Å²) in [5.74, 6) is -1.62. The second-order valence-corrected chi connectivity index (χ2v) is 5.11. The molecule has 0 saturated heterocycles. The van der Waals surface area contributed by atoms with E-state index in [2.05, 4.69) is 5.32 Å². The van der Waals surface area contributed by atoms with Gasteiger partial charge in [0.25, 0.3) is 0 Å². The Morgan fingerprint density at radius 2 is 1.77 bits per heavy atom. The maximum atomic E-state index is 11.1. The van der Waals surface area contributed by atoms with Crippen molar-refractivity contribution in [2.75, 3.05) is 0 Å². The summed E-state index contributed by atoms with van der Waals surface area (Å²) < 4.78 is 0. The van der Waals surface area contributed by atoms with E-state index in [0.717, 1.165) is 11.1 Å². The van der Waals surface area contributed by atoms with Crippen LogP contribution in [0.5, 0.6) is 0 Å². The second kappa shape index (κ2) is 6.91. The highest BCUT2D eigenvalue weighted by Gasteiger charge is 2.09. The number of carbonyl (C=O) groups excluding carboxylic acids is 1. The maximum absolute atomic E-state index is 11.1. The van der Waals surface area contributed by atoms with Crippen LogP contribution in [0, 0.1) is 0 Å². The lowest BCUT2D eigenvalue weighted by molar-refractivity contribution is -0.134. The molecule has 0 atom stereocenters. The molecule has 1 amide bonds. The molecule has 0 aliphatic heterocycles. The molecule has 2 rings (SSSR count). The summed E-state index contributed by atoms with van der Waals surface area (Å²) in [7, 11) is 0. The van der Waals surface area contributed by atoms with Gasteiger partial charge in [-0.1, -0.05) is 41.9 Å². The number of rotatable bonds is 4. The van der Waals surface area contributed by atoms with Crippen LogP contribution >= 0.6 is 11.6 Å². The lowest BCUT2D eigenvalue weighted by Crippen LogP contribution is -2.24. The summed E-state index contributed by atoms with van der Waals surface area (Å²) in [6.07, 6.45) is 1.42. The van der Waals surface area contributed by atoms with Crippen molar-refractivity contribution in [3.05, 3.63) is 64.8 Å². The molecular formula is C17H14ClNO3. The van der Waals surface area contributed by atoms with E-state index in [1.54, 1.807) is 18.2 Å². The first-order valence-corrected chi connectivity index (χ1v) is 6.92. The Bertz CT molecular complexity index is 736. The third-order valence-electron chi connectivity index (χ3n) is 2.92. The fourth-order valence-corrected chi connectivity index (χ4v) is 2.08. The number of aliphatic carboxylic acids is 1. The van der Waals surface area contributed by atoms with Crippen LogP contribution < -0.4 is 5.32 Å². The number of carboxylic acids is 1. The summed E-state index contributed by atoms with van der Waals surface area (Å²) in [6.45, 7) is 1.26. The number of halogens is 1. The molecular weight excluding hydrogens is 302 g/mol. The van der Waals surface area contributed by atoms with Gasteiger partial charge in [0, 0.05) is 11.9 Å². The van der Waals surface area contributed by atoms with Crippen molar-refractivity contribution >= 4 is 29.6 Å². The zero-order valence-corrected chi connectivity index (χ0v) is 12.6. The van der Waals surface area contributed by atoms with Gasteiger partial charge in [-0.25, -0.2) is 4.79 Å². The van der Waals surface area contributed by atoms with Crippen LogP contribution in [0.2, 0.25) is 5.02 Å². The number of benzene rings is 2. The second-order valence-electron chi connectivity index (χ2n) is 4.68. The van der Waals surface area contributed by atoms with Crippen molar-refractivity contribution in [2.45, 2.75) is 6.92 Å². The van der Waals surface area contributed by atoms with E-state index in [1.165, 1.54) is 13.0 Å². The van der Waals surface area contributed by atoms with Gasteiger partial charge in [0.05, 0.1) is 0 Å². The van der Waals surface area contributed by atoms with E-state index in [0.29, 0.717) is 10.6 Å². The molecule has 0 spiro atoms. The first kappa shape index (κ1) is 15.8. The lowest BCUT2D eigenvalue weighted by atomic mass is 10.0. The van der Waals surface area contributed by atoms with Crippen molar-refractivity contribution in [3.63, 3.8) is 0 Å². The molecule has 22 heavy (non-hydrogen) atoms. The van der Waals surface area contributed by atoms with E-state index in [9.17, 15) is 9.59 Å². The molecule has 0 unspecified atom stereocenters. The average molecular weight is 316 g/mol. The molecule has 0 aliphatic carbocycles. The molecule has 2 aromatic carbocycles. The van der Waals surface area contributed by atoms with Gasteiger partial charge in [-0.05, 0) is 41.0 Å². The monoisotopic (exact) mass is 315 g/mol. The van der Waals surface area contributed by atoms with Crippen LogP contribution in [-0.4, -0.2) is 17.0 Å². The molecule has 0 fully saturated rings. The summed E-state index contributed by atoms with van der Waals surface area (Å²) in [5, 5.41) is 12.1. The smallest absolute Gasteiger partial charge is 0.352 e. The van der Waals surface area contributed by atoms with Crippen molar-refractivity contribution in [2.24, 2.45) is 0 Å². The minimum absolute atomic E-state index is 0.166. The topological polar surface area (TPSA) is 66.4 Å². The van der Waals surface area contributed by atoms with Crippen LogP contribution in [0.1, 0.15) is 12.5 Å². The van der Waals surface area contributed by atoms with Gasteiger partial charge in [0.15, 0.2) is 0 Å². The van der Waals surface area contributed by atoms with Crippen LogP contribution in [0.15, 0.2) is 54.2 Å². The average Bonchev–Trinajstić information content (AvgIpc) is 2.47. The number of carboxylic acid groups (broad SMARTS) is 1. The molecule has 5 heteroatoms. The van der Waals surface area contributed by atoms with Crippen LogP contribution in [0.3, 0.4) is 0 Å². The minimum Gasteiger partial charge on any atom is -0.477 e. The van der Waals surface area contributed by atoms with Crippen molar-refractivity contribution in [1.29, 1.82) is 0 Å². The van der Waals surface area contributed by atoms with Crippen LogP contribution in [-0.2, 0) is 9.59 Å². The normalized spacial score (nSPS) is 11.1. The quantitative estimate of drug-likeness (QED) is 0.848. The number of amides is 1. The number of hydrogen-bond donors (Lipinski definition) is 2. The highest BCUT2D eigenvalue weighted by molar-refractivity contribution is 6.30. The van der Waals surface area contributed by atoms with Crippen molar-refractivity contribution in [1.82, 2.24) is 5.32 Å². The third-order valence-corrected chi connectivity index (χ3v) is 3.17. The summed E-state index contributed by atoms with van der Waals surface area (Å²) >= 11 is 5.87. The number of carbonyl (C=O) groups is 2. The SMILES string of the molecule is CC(=O)NC(=Cc1cccc(-c2ccc(Cl)cc2)c1)C(=O)O. The van der Waals surface area contributed by atoms with Crippen molar-refractivity contribution in [3.8, 4) is 11.1 Å². The fraction of sp³-hybridized carbons (Fsp3) is 0.0588. The minimum atomic E-state index is -1.19. The Morgan fingerprint density at radius 3 is 2.36 bits per heavy atom. The van der Waals surface area contributed by atoms with Gasteiger partial charge in [-0.3, -0.25) is 4.79 Å². The Morgan fingerprint density at radius 1 is 1.09 bits per heavy atom. The Hall–Kier alpha value is -2.59. The molecule has 112 valence electrons. The largest absolute Gasteiger partial charge is 0.477 e. The molecule has 0 aromatic heterocycles. The molecule has 0 aliphatic rings. The maximum Gasteiger partial charge on any atom is 0.352 e. The lowest BCUT2D eigenvalue weighted by Gasteiger charge is -2.06. The molecule has 0 heterocycles. The standard InChI is InChI=1S/C17H14ClNO3/c1-11(20)19-16(17(21)22)10-12-3-2-4-14(9-12)13-5-7-15(18)8-6-13/h2-10H,1H3,(H,19,20)(H,21,22). The van der Waals surface area contributed by atoms with E-state index >= 15 is 0 Å². The zero-order chi connectivity index (χ0) is 16.1. The van der Waals surface area contributed by atoms with E-state index in [4.69, 9.17) is 16.7 Å². The Labute approximate surface area is 133 Å². The number of nitrogens with one attached hydrogen (secondary N) is 1. The van der Waals surface area contributed by atoms with Gasteiger partial charge < -0.3 is 10.4 Å². The fourth-order valence-electron chi connectivity index (χ4n) is 1.96. The molecule has 4 nitrogen and oxygen atoms in total. The number of hydrogen-bond acceptors (Lipinski definition) is 2. The molecule has 0 saturated carbocycles. The van der Waals surface area contributed by atoms with Gasteiger partial charge >= 0.3 is 5.97 Å². The Balaban J connectivity index is 2.36. The zero-order valence-electron chi connectivity index (χ0n) is 11.8. The van der Waals surface area contributed by atoms with Crippen LogP contribution in [0.4, 0.5) is 0 Å². The molecule has 0 bridgehead atoms. The first-order chi connectivity index (χ1) is 10.5. The molecule has 0 radical (unpaired) electrons. The van der Waals surface area contributed by atoms with E-state index in [1.807, 2.05) is 30.3 Å². The Kier molecular flexibility index (Phi) is 4.96. The first-order valence-electron chi connectivity index (χ1n) is 6.54. The van der Waals surface area contributed by atoms with Crippen molar-refractivity contribution < 1.29 is 14.7 Å². The summed E-state index contributed by atoms with van der Waals surface area (Å²) in [4.78, 5) is 22.2. The van der Waals surface area contributed by atoms with Gasteiger partial charge in [0.2, 0.25) is 5.91 Å². The highest BCUT2D eigenvalue weighted by atomic mass is 35.5. The van der Waals surface area contributed by atoms with E-state index in [-0.39, 0.29) is 5.70 Å². The molecule has 2 N–H and O–H groups in total. The van der Waals surface area contributed by atoms with E-state index < -0.39 is 11.9 Å². The summed E-state index contributed by atoms with van der Waals surface area (Å²) in [5.41, 5.74) is 2.41. The predicted molar refractivity (Wildman–Crippen MR) is 86.3 cm³/mol. The van der Waals surface area contributed by atoms with Gasteiger partial charge in [-0.15, -0.1) is 0 Å². The third kappa shape index (κ3) is 4.20. The summed E-state index contributed by atoms with van der Waals surface area (Å²) in [6, 6.07) is 14.7. The van der Waals surface area contributed by atoms with Gasteiger partial charge in [-0.2, -0.15) is 0 Å².